The number of ether oxygens (including phenoxy) is 2. The van der Waals surface area contributed by atoms with Gasteiger partial charge in [-0.1, -0.05) is 12.1 Å². The summed E-state index contributed by atoms with van der Waals surface area (Å²) in [5.74, 6) is 0.873. The maximum atomic E-state index is 12.5. The van der Waals surface area contributed by atoms with Crippen molar-refractivity contribution in [3.63, 3.8) is 0 Å². The van der Waals surface area contributed by atoms with Crippen molar-refractivity contribution < 1.29 is 17.9 Å². The number of nitrogen functional groups attached to an aromatic ring is 1. The van der Waals surface area contributed by atoms with Crippen molar-refractivity contribution in [1.29, 1.82) is 0 Å². The van der Waals surface area contributed by atoms with Crippen LogP contribution in [0.1, 0.15) is 11.1 Å². The van der Waals surface area contributed by atoms with Crippen LogP contribution >= 0.6 is 0 Å². The van der Waals surface area contributed by atoms with E-state index in [0.717, 1.165) is 5.56 Å². The van der Waals surface area contributed by atoms with Gasteiger partial charge in [0.05, 0.1) is 19.1 Å². The van der Waals surface area contributed by atoms with E-state index in [1.165, 1.54) is 20.3 Å². The van der Waals surface area contributed by atoms with Gasteiger partial charge in [-0.2, -0.15) is 0 Å². The number of rotatable bonds is 7. The normalized spacial score (nSPS) is 11.3. The Bertz CT molecular complexity index is 802. The van der Waals surface area contributed by atoms with Gasteiger partial charge in [0.1, 0.15) is 0 Å². The molecule has 2 aromatic carbocycles. The highest BCUT2D eigenvalue weighted by atomic mass is 32.2. The molecule has 7 heteroatoms. The second-order valence-corrected chi connectivity index (χ2v) is 7.10. The maximum Gasteiger partial charge on any atom is 0.240 e. The molecule has 0 aliphatic carbocycles. The van der Waals surface area contributed by atoms with Gasteiger partial charge < -0.3 is 15.2 Å². The highest BCUT2D eigenvalue weighted by Gasteiger charge is 2.19. The quantitative estimate of drug-likeness (QED) is 0.747. The molecule has 0 atom stereocenters. The predicted molar refractivity (Wildman–Crippen MR) is 94.0 cm³/mol. The lowest BCUT2D eigenvalue weighted by atomic mass is 10.1. The molecular weight excluding hydrogens is 328 g/mol. The Balaban J connectivity index is 2.13. The number of hydrogen-bond acceptors (Lipinski definition) is 5. The fraction of sp³-hybridized carbons (Fsp3) is 0.294. The fourth-order valence-electron chi connectivity index (χ4n) is 2.34. The molecule has 0 saturated carbocycles. The van der Waals surface area contributed by atoms with Crippen LogP contribution in [0.5, 0.6) is 11.5 Å². The summed E-state index contributed by atoms with van der Waals surface area (Å²) in [4.78, 5) is 0.178. The van der Waals surface area contributed by atoms with Gasteiger partial charge in [0.25, 0.3) is 0 Å². The van der Waals surface area contributed by atoms with E-state index in [4.69, 9.17) is 15.2 Å². The lowest BCUT2D eigenvalue weighted by Crippen LogP contribution is -2.26. The minimum absolute atomic E-state index is 0.178. The zero-order valence-corrected chi connectivity index (χ0v) is 14.8. The van der Waals surface area contributed by atoms with Crippen molar-refractivity contribution in [3.8, 4) is 11.5 Å². The van der Waals surface area contributed by atoms with Crippen LogP contribution in [0.25, 0.3) is 0 Å². The third kappa shape index (κ3) is 4.18. The zero-order valence-electron chi connectivity index (χ0n) is 14.0. The van der Waals surface area contributed by atoms with Crippen LogP contribution < -0.4 is 19.9 Å². The number of benzene rings is 2. The van der Waals surface area contributed by atoms with Crippen LogP contribution in [-0.2, 0) is 16.4 Å². The molecule has 0 amide bonds. The van der Waals surface area contributed by atoms with Crippen LogP contribution in [0.3, 0.4) is 0 Å². The van der Waals surface area contributed by atoms with Gasteiger partial charge in [-0.25, -0.2) is 13.1 Å². The second-order valence-electron chi connectivity index (χ2n) is 5.36. The second kappa shape index (κ2) is 7.55. The van der Waals surface area contributed by atoms with Crippen molar-refractivity contribution >= 4 is 15.7 Å². The van der Waals surface area contributed by atoms with E-state index in [1.54, 1.807) is 25.1 Å². The van der Waals surface area contributed by atoms with Crippen LogP contribution in [0.2, 0.25) is 0 Å². The van der Waals surface area contributed by atoms with Crippen LogP contribution in [0.15, 0.2) is 41.3 Å². The standard InChI is InChI=1S/C17H22N2O4S/c1-12-10-15(22-2)16(23-3)11-17(12)24(20,21)19-9-8-13-4-6-14(18)7-5-13/h4-7,10-11,19H,8-9,18H2,1-3H3. The first-order valence-corrected chi connectivity index (χ1v) is 8.92. The number of nitrogens with one attached hydrogen (secondary N) is 1. The summed E-state index contributed by atoms with van der Waals surface area (Å²) in [5, 5.41) is 0. The third-order valence-corrected chi connectivity index (χ3v) is 5.26. The summed E-state index contributed by atoms with van der Waals surface area (Å²) < 4.78 is 38.1. The molecule has 0 heterocycles. The Morgan fingerprint density at radius 3 is 2.21 bits per heavy atom. The van der Waals surface area contributed by atoms with E-state index < -0.39 is 10.0 Å². The fourth-order valence-corrected chi connectivity index (χ4v) is 3.61. The van der Waals surface area contributed by atoms with E-state index in [-0.39, 0.29) is 4.90 Å². The number of sulfonamides is 1. The molecule has 3 N–H and O–H groups in total. The van der Waals surface area contributed by atoms with Crippen LogP contribution in [0, 0.1) is 6.92 Å². The molecular formula is C17H22N2O4S. The summed E-state index contributed by atoms with van der Waals surface area (Å²) in [6.07, 6.45) is 0.575. The molecule has 0 fully saturated rings. The van der Waals surface area contributed by atoms with Gasteiger partial charge >= 0.3 is 0 Å². The minimum atomic E-state index is -3.64. The Hall–Kier alpha value is -2.25. The van der Waals surface area contributed by atoms with Gasteiger partial charge in [-0.15, -0.1) is 0 Å². The number of hydrogen-bond donors (Lipinski definition) is 2. The molecule has 0 spiro atoms. The minimum Gasteiger partial charge on any atom is -0.493 e. The highest BCUT2D eigenvalue weighted by Crippen LogP contribution is 2.32. The number of aryl methyl sites for hydroxylation is 1. The largest absolute Gasteiger partial charge is 0.493 e. The maximum absolute atomic E-state index is 12.5. The van der Waals surface area contributed by atoms with Crippen molar-refractivity contribution in [1.82, 2.24) is 4.72 Å². The van der Waals surface area contributed by atoms with Crippen molar-refractivity contribution in [2.45, 2.75) is 18.2 Å². The van der Waals surface area contributed by atoms with Gasteiger partial charge in [-0.3, -0.25) is 0 Å². The summed E-state index contributed by atoms with van der Waals surface area (Å²) in [5.41, 5.74) is 7.92. The lowest BCUT2D eigenvalue weighted by Gasteiger charge is -2.14. The molecule has 6 nitrogen and oxygen atoms in total. The molecule has 0 saturated heterocycles. The molecule has 130 valence electrons. The Kier molecular flexibility index (Phi) is 5.69. The van der Waals surface area contributed by atoms with E-state index in [1.807, 2.05) is 12.1 Å². The van der Waals surface area contributed by atoms with E-state index in [2.05, 4.69) is 4.72 Å². The number of nitrogens with two attached hydrogens (primary N) is 1. The summed E-state index contributed by atoms with van der Waals surface area (Å²) in [6, 6.07) is 10.5. The van der Waals surface area contributed by atoms with Crippen LogP contribution in [0.4, 0.5) is 5.69 Å². The first kappa shape index (κ1) is 18.1. The van der Waals surface area contributed by atoms with E-state index >= 15 is 0 Å². The van der Waals surface area contributed by atoms with E-state index in [0.29, 0.717) is 35.7 Å². The van der Waals surface area contributed by atoms with Crippen molar-refractivity contribution in [2.75, 3.05) is 26.5 Å². The molecule has 0 aromatic heterocycles. The average Bonchev–Trinajstić information content (AvgIpc) is 2.56. The molecule has 0 aliphatic rings. The molecule has 2 aromatic rings. The first-order chi connectivity index (χ1) is 11.4. The first-order valence-electron chi connectivity index (χ1n) is 7.44. The van der Waals surface area contributed by atoms with Gasteiger partial charge in [-0.05, 0) is 42.7 Å². The molecule has 0 radical (unpaired) electrons. The molecule has 0 bridgehead atoms. The summed E-state index contributed by atoms with van der Waals surface area (Å²) >= 11 is 0. The summed E-state index contributed by atoms with van der Waals surface area (Å²) in [7, 11) is -0.656. The SMILES string of the molecule is COc1cc(C)c(S(=O)(=O)NCCc2ccc(N)cc2)cc1OC. The van der Waals surface area contributed by atoms with Gasteiger partial charge in [0.15, 0.2) is 11.5 Å². The van der Waals surface area contributed by atoms with E-state index in [9.17, 15) is 8.42 Å². The van der Waals surface area contributed by atoms with Gasteiger partial charge in [0.2, 0.25) is 10.0 Å². The topological polar surface area (TPSA) is 90.7 Å². The molecule has 2 rings (SSSR count). The number of methoxy groups -OCH3 is 2. The Labute approximate surface area is 142 Å². The third-order valence-electron chi connectivity index (χ3n) is 3.66. The van der Waals surface area contributed by atoms with Crippen molar-refractivity contribution in [2.24, 2.45) is 0 Å². The molecule has 0 unspecified atom stereocenters. The average molecular weight is 350 g/mol. The smallest absolute Gasteiger partial charge is 0.240 e. The zero-order chi connectivity index (χ0) is 17.7. The molecule has 0 aliphatic heterocycles. The van der Waals surface area contributed by atoms with Crippen LogP contribution in [-0.4, -0.2) is 29.2 Å². The molecule has 24 heavy (non-hydrogen) atoms. The van der Waals surface area contributed by atoms with Crippen molar-refractivity contribution in [3.05, 3.63) is 47.5 Å². The monoisotopic (exact) mass is 350 g/mol. The Morgan fingerprint density at radius 2 is 1.62 bits per heavy atom. The van der Waals surface area contributed by atoms with Gasteiger partial charge in [0, 0.05) is 18.3 Å². The highest BCUT2D eigenvalue weighted by molar-refractivity contribution is 7.89. The lowest BCUT2D eigenvalue weighted by molar-refractivity contribution is 0.353. The predicted octanol–water partition coefficient (Wildman–Crippen LogP) is 2.12. The number of anilines is 1. The Morgan fingerprint density at radius 1 is 1.04 bits per heavy atom. The summed E-state index contributed by atoms with van der Waals surface area (Å²) in [6.45, 7) is 2.01.